The molecule has 0 amide bonds. The van der Waals surface area contributed by atoms with Gasteiger partial charge in [0.05, 0.1) is 9.80 Å². The molecule has 0 bridgehead atoms. The highest BCUT2D eigenvalue weighted by molar-refractivity contribution is 7.95. The summed E-state index contributed by atoms with van der Waals surface area (Å²) in [5.74, 6) is 0. The van der Waals surface area contributed by atoms with Crippen molar-refractivity contribution in [1.29, 1.82) is 0 Å². The van der Waals surface area contributed by atoms with Crippen LogP contribution in [0.2, 0.25) is 0 Å². The van der Waals surface area contributed by atoms with E-state index in [0.29, 0.717) is 0 Å². The maximum absolute atomic E-state index is 12.6. The molecule has 6 heteroatoms. The van der Waals surface area contributed by atoms with Crippen molar-refractivity contribution in [2.45, 2.75) is 43.9 Å². The van der Waals surface area contributed by atoms with E-state index < -0.39 is 9.84 Å². The van der Waals surface area contributed by atoms with Gasteiger partial charge in [0, 0.05) is 11.5 Å². The molecule has 0 heterocycles. The van der Waals surface area contributed by atoms with E-state index in [2.05, 4.69) is 22.7 Å². The van der Waals surface area contributed by atoms with Gasteiger partial charge in [-0.25, -0.2) is 8.42 Å². The molecule has 0 aromatic heterocycles. The first-order valence-corrected chi connectivity index (χ1v) is 8.86. The van der Waals surface area contributed by atoms with E-state index >= 15 is 0 Å². The fourth-order valence-electron chi connectivity index (χ4n) is 1.90. The maximum atomic E-state index is 12.6. The van der Waals surface area contributed by atoms with Gasteiger partial charge in [-0.2, -0.15) is 0 Å². The van der Waals surface area contributed by atoms with Crippen LogP contribution in [0.1, 0.15) is 39.0 Å². The predicted octanol–water partition coefficient (Wildman–Crippen LogP) is 4.78. The Morgan fingerprint density at radius 1 is 1.32 bits per heavy atom. The first-order valence-electron chi connectivity index (χ1n) is 7.38. The van der Waals surface area contributed by atoms with Crippen LogP contribution in [-0.4, -0.2) is 15.0 Å². The summed E-state index contributed by atoms with van der Waals surface area (Å²) in [4.78, 5) is 3.07. The van der Waals surface area contributed by atoms with Gasteiger partial charge in [-0.1, -0.05) is 43.1 Å². The van der Waals surface area contributed by atoms with Crippen molar-refractivity contribution >= 4 is 9.84 Å². The molecule has 0 N–H and O–H groups in total. The Morgan fingerprint density at radius 3 is 2.68 bits per heavy atom. The molecular weight excluding hydrogens is 298 g/mol. The van der Waals surface area contributed by atoms with Crippen molar-refractivity contribution < 1.29 is 8.42 Å². The first-order chi connectivity index (χ1) is 10.6. The zero-order valence-electron chi connectivity index (χ0n) is 12.8. The third-order valence-electron chi connectivity index (χ3n) is 3.10. The summed E-state index contributed by atoms with van der Waals surface area (Å²) in [6.45, 7) is 2.22. The lowest BCUT2D eigenvalue weighted by atomic mass is 10.2. The number of unbranched alkanes of at least 4 members (excludes halogenated alkanes) is 3. The van der Waals surface area contributed by atoms with Gasteiger partial charge < -0.3 is 0 Å². The molecule has 1 aromatic rings. The lowest BCUT2D eigenvalue weighted by Crippen LogP contribution is -2.05. The van der Waals surface area contributed by atoms with Gasteiger partial charge in [0.1, 0.15) is 0 Å². The average Bonchev–Trinajstić information content (AvgIpc) is 2.54. The third kappa shape index (κ3) is 5.78. The number of nitrogens with zero attached hydrogens (tertiary/aromatic N) is 3. The minimum atomic E-state index is -3.58. The smallest absolute Gasteiger partial charge is 0.210 e. The Kier molecular flexibility index (Phi) is 8.08. The van der Waals surface area contributed by atoms with E-state index in [4.69, 9.17) is 5.53 Å². The molecule has 0 spiro atoms. The highest BCUT2D eigenvalue weighted by atomic mass is 32.2. The lowest BCUT2D eigenvalue weighted by Gasteiger charge is -2.05. The molecule has 0 saturated heterocycles. The van der Waals surface area contributed by atoms with E-state index in [-0.39, 0.29) is 22.8 Å². The van der Waals surface area contributed by atoms with Crippen LogP contribution >= 0.6 is 0 Å². The second-order valence-electron chi connectivity index (χ2n) is 4.79. The van der Waals surface area contributed by atoms with Crippen LogP contribution in [0, 0.1) is 0 Å². The molecule has 0 unspecified atom stereocenters. The van der Waals surface area contributed by atoms with E-state index in [1.165, 1.54) is 0 Å². The van der Waals surface area contributed by atoms with Gasteiger partial charge in [-0.3, -0.25) is 0 Å². The zero-order valence-corrected chi connectivity index (χ0v) is 13.6. The predicted molar refractivity (Wildman–Crippen MR) is 88.0 cm³/mol. The first kappa shape index (κ1) is 18.1. The molecule has 5 nitrogen and oxygen atoms in total. The Hall–Kier alpha value is -2.00. The molecule has 22 heavy (non-hydrogen) atoms. The highest BCUT2D eigenvalue weighted by Gasteiger charge is 2.19. The summed E-state index contributed by atoms with van der Waals surface area (Å²) in [7, 11) is -3.58. The maximum Gasteiger partial charge on any atom is 0.210 e. The Bertz CT molecular complexity index is 669. The average molecular weight is 319 g/mol. The summed E-state index contributed by atoms with van der Waals surface area (Å²) in [6.07, 6.45) is 5.95. The fourth-order valence-corrected chi connectivity index (χ4v) is 3.30. The minimum absolute atomic E-state index is 0.105. The van der Waals surface area contributed by atoms with Crippen LogP contribution in [0.3, 0.4) is 0 Å². The van der Waals surface area contributed by atoms with Crippen LogP contribution in [0.4, 0.5) is 0 Å². The standard InChI is InChI=1S/C16H21N3O2S/c1-2-3-4-5-7-12-16(13-14-18-19-17)22(20,21)15-10-8-6-9-11-15/h6-11H,2-5,13-14H2,1H3. The zero-order chi connectivity index (χ0) is 16.3. The van der Waals surface area contributed by atoms with Gasteiger partial charge in [0.25, 0.3) is 0 Å². The van der Waals surface area contributed by atoms with Gasteiger partial charge in [0.2, 0.25) is 9.84 Å². The van der Waals surface area contributed by atoms with E-state index in [0.717, 1.165) is 25.7 Å². The van der Waals surface area contributed by atoms with Crippen molar-refractivity contribution in [1.82, 2.24) is 0 Å². The highest BCUT2D eigenvalue weighted by Crippen LogP contribution is 2.21. The Balaban J connectivity index is 3.03. The van der Waals surface area contributed by atoms with Crippen molar-refractivity contribution in [2.24, 2.45) is 5.11 Å². The molecule has 0 aliphatic carbocycles. The second kappa shape index (κ2) is 9.85. The van der Waals surface area contributed by atoms with Crippen LogP contribution < -0.4 is 0 Å². The van der Waals surface area contributed by atoms with Crippen molar-refractivity contribution in [2.75, 3.05) is 6.54 Å². The number of azide groups is 1. The molecule has 0 aliphatic heterocycles. The van der Waals surface area contributed by atoms with Gasteiger partial charge in [-0.05, 0) is 43.0 Å². The van der Waals surface area contributed by atoms with Gasteiger partial charge >= 0.3 is 0 Å². The fraction of sp³-hybridized carbons (Fsp3) is 0.438. The summed E-state index contributed by atoms with van der Waals surface area (Å²) in [5.41, 5.74) is 11.2. The number of benzene rings is 1. The molecule has 0 aliphatic rings. The van der Waals surface area contributed by atoms with Crippen LogP contribution in [0.5, 0.6) is 0 Å². The van der Waals surface area contributed by atoms with Gasteiger partial charge in [-0.15, -0.1) is 5.73 Å². The van der Waals surface area contributed by atoms with Crippen LogP contribution in [-0.2, 0) is 9.84 Å². The molecule has 1 rings (SSSR count). The van der Waals surface area contributed by atoms with Crippen molar-refractivity contribution in [3.8, 4) is 0 Å². The van der Waals surface area contributed by atoms with Crippen molar-refractivity contribution in [3.05, 3.63) is 57.5 Å². The van der Waals surface area contributed by atoms with E-state index in [1.54, 1.807) is 36.4 Å². The molecule has 1 aromatic carbocycles. The van der Waals surface area contributed by atoms with Crippen LogP contribution in [0.15, 0.2) is 57.1 Å². The largest absolute Gasteiger partial charge is 0.218 e. The number of sulfone groups is 1. The summed E-state index contributed by atoms with van der Waals surface area (Å²) in [5, 5.41) is 3.42. The normalized spacial score (nSPS) is 10.4. The monoisotopic (exact) mass is 319 g/mol. The molecule has 118 valence electrons. The van der Waals surface area contributed by atoms with E-state index in [9.17, 15) is 8.42 Å². The third-order valence-corrected chi connectivity index (χ3v) is 4.96. The Labute approximate surface area is 131 Å². The Morgan fingerprint density at radius 2 is 2.05 bits per heavy atom. The molecule has 0 radical (unpaired) electrons. The summed E-state index contributed by atoms with van der Waals surface area (Å²) >= 11 is 0. The SMILES string of the molecule is CCCCCC=C=C(CCN=[N+]=[N-])S(=O)(=O)c1ccccc1. The summed E-state index contributed by atoms with van der Waals surface area (Å²) < 4.78 is 25.2. The number of hydrogen-bond acceptors (Lipinski definition) is 3. The summed E-state index contributed by atoms with van der Waals surface area (Å²) in [6, 6.07) is 8.25. The second-order valence-corrected chi connectivity index (χ2v) is 6.76. The topological polar surface area (TPSA) is 82.9 Å². The minimum Gasteiger partial charge on any atom is -0.218 e. The molecule has 0 saturated carbocycles. The molecule has 0 fully saturated rings. The lowest BCUT2D eigenvalue weighted by molar-refractivity contribution is 0.600. The molecule has 0 atom stereocenters. The van der Waals surface area contributed by atoms with Gasteiger partial charge in [0.15, 0.2) is 0 Å². The number of rotatable bonds is 9. The molecular formula is C16H21N3O2S. The van der Waals surface area contributed by atoms with Crippen LogP contribution in [0.25, 0.3) is 10.4 Å². The quantitative estimate of drug-likeness (QED) is 0.216. The van der Waals surface area contributed by atoms with Crippen molar-refractivity contribution in [3.63, 3.8) is 0 Å². The van der Waals surface area contributed by atoms with E-state index in [1.807, 2.05) is 0 Å². The number of hydrogen-bond donors (Lipinski definition) is 0.